The highest BCUT2D eigenvalue weighted by atomic mass is 16.2. The first-order valence-electron chi connectivity index (χ1n) is 9.91. The maximum Gasteiger partial charge on any atom is 0.253 e. The van der Waals surface area contributed by atoms with Gasteiger partial charge in [-0.05, 0) is 37.1 Å². The van der Waals surface area contributed by atoms with E-state index in [1.54, 1.807) is 12.1 Å². The van der Waals surface area contributed by atoms with Gasteiger partial charge in [-0.2, -0.15) is 0 Å². The Morgan fingerprint density at radius 3 is 2.29 bits per heavy atom. The van der Waals surface area contributed by atoms with E-state index in [1.807, 2.05) is 30.3 Å². The van der Waals surface area contributed by atoms with Crippen LogP contribution < -0.4 is 15.5 Å². The van der Waals surface area contributed by atoms with Crippen LogP contribution in [0.1, 0.15) is 23.2 Å². The van der Waals surface area contributed by atoms with E-state index in [4.69, 9.17) is 0 Å². The molecule has 2 aromatic rings. The predicted octanol–water partition coefficient (Wildman–Crippen LogP) is 2.34. The van der Waals surface area contributed by atoms with Crippen LogP contribution in [0.25, 0.3) is 0 Å². The number of nitrogens with one attached hydrogen (secondary N) is 2. The molecule has 2 fully saturated rings. The van der Waals surface area contributed by atoms with Crippen LogP contribution in [0.3, 0.4) is 0 Å². The molecule has 2 N–H and O–H groups in total. The number of para-hydroxylation sites is 2. The molecule has 1 heterocycles. The first kappa shape index (κ1) is 18.5. The Hall–Kier alpha value is -2.86. The van der Waals surface area contributed by atoms with Gasteiger partial charge in [0.2, 0.25) is 5.91 Å². The lowest BCUT2D eigenvalue weighted by Gasteiger charge is -2.35. The van der Waals surface area contributed by atoms with E-state index < -0.39 is 0 Å². The van der Waals surface area contributed by atoms with Crippen molar-refractivity contribution in [1.82, 2.24) is 10.2 Å². The Morgan fingerprint density at radius 2 is 1.57 bits per heavy atom. The molecule has 6 heteroatoms. The molecular weight excluding hydrogens is 352 g/mol. The SMILES string of the molecule is O=C(CN1CCN(c2ccccc2)CC1)Nc1ccccc1C(=O)NC1CC1. The van der Waals surface area contributed by atoms with E-state index in [-0.39, 0.29) is 17.9 Å². The Labute approximate surface area is 165 Å². The van der Waals surface area contributed by atoms with Crippen molar-refractivity contribution in [2.24, 2.45) is 0 Å². The van der Waals surface area contributed by atoms with Crippen molar-refractivity contribution in [3.63, 3.8) is 0 Å². The number of anilines is 2. The summed E-state index contributed by atoms with van der Waals surface area (Å²) in [5, 5.41) is 5.90. The van der Waals surface area contributed by atoms with E-state index >= 15 is 0 Å². The van der Waals surface area contributed by atoms with E-state index in [2.05, 4.69) is 32.6 Å². The van der Waals surface area contributed by atoms with Gasteiger partial charge >= 0.3 is 0 Å². The highest BCUT2D eigenvalue weighted by Gasteiger charge is 2.25. The van der Waals surface area contributed by atoms with Crippen molar-refractivity contribution >= 4 is 23.2 Å². The molecule has 28 heavy (non-hydrogen) atoms. The minimum absolute atomic E-state index is 0.0835. The maximum absolute atomic E-state index is 12.5. The van der Waals surface area contributed by atoms with E-state index in [0.29, 0.717) is 17.8 Å². The molecule has 146 valence electrons. The molecule has 0 unspecified atom stereocenters. The smallest absolute Gasteiger partial charge is 0.253 e. The van der Waals surface area contributed by atoms with Crippen molar-refractivity contribution in [3.05, 3.63) is 60.2 Å². The van der Waals surface area contributed by atoms with Crippen molar-refractivity contribution in [1.29, 1.82) is 0 Å². The average molecular weight is 378 g/mol. The van der Waals surface area contributed by atoms with Crippen molar-refractivity contribution < 1.29 is 9.59 Å². The normalized spacial score (nSPS) is 17.2. The molecule has 1 aliphatic heterocycles. The zero-order valence-electron chi connectivity index (χ0n) is 15.9. The minimum Gasteiger partial charge on any atom is -0.369 e. The number of rotatable bonds is 6. The summed E-state index contributed by atoms with van der Waals surface area (Å²) in [6.45, 7) is 3.81. The van der Waals surface area contributed by atoms with Crippen LogP contribution in [0.4, 0.5) is 11.4 Å². The van der Waals surface area contributed by atoms with Gasteiger partial charge in [0.05, 0.1) is 17.8 Å². The molecule has 0 radical (unpaired) electrons. The number of carbonyl (C=O) groups is 2. The van der Waals surface area contributed by atoms with Crippen LogP contribution in [-0.2, 0) is 4.79 Å². The molecule has 0 aromatic heterocycles. The molecular formula is C22H26N4O2. The lowest BCUT2D eigenvalue weighted by Crippen LogP contribution is -2.48. The Kier molecular flexibility index (Phi) is 5.58. The van der Waals surface area contributed by atoms with Gasteiger partial charge in [0, 0.05) is 37.9 Å². The number of carbonyl (C=O) groups excluding carboxylic acids is 2. The number of benzene rings is 2. The van der Waals surface area contributed by atoms with Crippen LogP contribution >= 0.6 is 0 Å². The number of piperazine rings is 1. The molecule has 4 rings (SSSR count). The summed E-state index contributed by atoms with van der Waals surface area (Å²) in [5.41, 5.74) is 2.33. The van der Waals surface area contributed by atoms with Crippen LogP contribution in [0.15, 0.2) is 54.6 Å². The summed E-state index contributed by atoms with van der Waals surface area (Å²) in [6, 6.07) is 17.8. The summed E-state index contributed by atoms with van der Waals surface area (Å²) in [5.74, 6) is -0.199. The van der Waals surface area contributed by atoms with Gasteiger partial charge in [-0.25, -0.2) is 0 Å². The summed E-state index contributed by atoms with van der Waals surface area (Å²) >= 11 is 0. The number of nitrogens with zero attached hydrogens (tertiary/aromatic N) is 2. The standard InChI is InChI=1S/C22H26N4O2/c27-21(16-25-12-14-26(15-13-25)18-6-2-1-3-7-18)24-20-9-5-4-8-19(20)22(28)23-17-10-11-17/h1-9,17H,10-16H2,(H,23,28)(H,24,27). The fourth-order valence-corrected chi connectivity index (χ4v) is 3.48. The fourth-order valence-electron chi connectivity index (χ4n) is 3.48. The Morgan fingerprint density at radius 1 is 0.893 bits per heavy atom. The second kappa shape index (κ2) is 8.44. The lowest BCUT2D eigenvalue weighted by atomic mass is 10.1. The molecule has 6 nitrogen and oxygen atoms in total. The number of hydrogen-bond donors (Lipinski definition) is 2. The zero-order valence-corrected chi connectivity index (χ0v) is 15.9. The maximum atomic E-state index is 12.5. The third-order valence-corrected chi connectivity index (χ3v) is 5.22. The summed E-state index contributed by atoms with van der Waals surface area (Å²) in [4.78, 5) is 29.4. The van der Waals surface area contributed by atoms with Gasteiger partial charge in [0.25, 0.3) is 5.91 Å². The summed E-state index contributed by atoms with van der Waals surface area (Å²) < 4.78 is 0. The molecule has 2 aliphatic rings. The van der Waals surface area contributed by atoms with E-state index in [0.717, 1.165) is 39.0 Å². The monoisotopic (exact) mass is 378 g/mol. The predicted molar refractivity (Wildman–Crippen MR) is 111 cm³/mol. The molecule has 2 aromatic carbocycles. The first-order chi connectivity index (χ1) is 13.7. The van der Waals surface area contributed by atoms with Gasteiger partial charge in [0.15, 0.2) is 0 Å². The molecule has 0 spiro atoms. The van der Waals surface area contributed by atoms with Crippen molar-refractivity contribution in [2.75, 3.05) is 42.9 Å². The third-order valence-electron chi connectivity index (χ3n) is 5.22. The van der Waals surface area contributed by atoms with Crippen molar-refractivity contribution in [2.45, 2.75) is 18.9 Å². The third kappa shape index (κ3) is 4.70. The number of hydrogen-bond acceptors (Lipinski definition) is 4. The largest absolute Gasteiger partial charge is 0.369 e. The zero-order chi connectivity index (χ0) is 19.3. The average Bonchev–Trinajstić information content (AvgIpc) is 3.53. The van der Waals surface area contributed by atoms with Gasteiger partial charge < -0.3 is 15.5 Å². The van der Waals surface area contributed by atoms with Crippen LogP contribution in [0.2, 0.25) is 0 Å². The van der Waals surface area contributed by atoms with Crippen LogP contribution in [0.5, 0.6) is 0 Å². The van der Waals surface area contributed by atoms with Crippen molar-refractivity contribution in [3.8, 4) is 0 Å². The molecule has 1 saturated heterocycles. The van der Waals surface area contributed by atoms with E-state index in [9.17, 15) is 9.59 Å². The summed E-state index contributed by atoms with van der Waals surface area (Å²) in [7, 11) is 0. The van der Waals surface area contributed by atoms with E-state index in [1.165, 1.54) is 5.69 Å². The fraction of sp³-hybridized carbons (Fsp3) is 0.364. The highest BCUT2D eigenvalue weighted by molar-refractivity contribution is 6.04. The Bertz CT molecular complexity index is 827. The number of amides is 2. The second-order valence-electron chi connectivity index (χ2n) is 7.44. The highest BCUT2D eigenvalue weighted by Crippen LogP contribution is 2.22. The van der Waals surface area contributed by atoms with Gasteiger partial charge in [-0.3, -0.25) is 14.5 Å². The lowest BCUT2D eigenvalue weighted by molar-refractivity contribution is -0.117. The second-order valence-corrected chi connectivity index (χ2v) is 7.44. The van der Waals surface area contributed by atoms with Gasteiger partial charge in [0.1, 0.15) is 0 Å². The topological polar surface area (TPSA) is 64.7 Å². The Balaban J connectivity index is 1.30. The molecule has 1 aliphatic carbocycles. The van der Waals surface area contributed by atoms with Gasteiger partial charge in [-0.15, -0.1) is 0 Å². The van der Waals surface area contributed by atoms with Gasteiger partial charge in [-0.1, -0.05) is 30.3 Å². The minimum atomic E-state index is -0.116. The molecule has 1 saturated carbocycles. The first-order valence-corrected chi connectivity index (χ1v) is 9.91. The molecule has 0 bridgehead atoms. The quantitative estimate of drug-likeness (QED) is 0.810. The summed E-state index contributed by atoms with van der Waals surface area (Å²) in [6.07, 6.45) is 2.07. The van der Waals surface area contributed by atoms with Crippen LogP contribution in [0, 0.1) is 0 Å². The molecule has 0 atom stereocenters. The molecule has 2 amide bonds. The van der Waals surface area contributed by atoms with Crippen LogP contribution in [-0.4, -0.2) is 55.5 Å².